The summed E-state index contributed by atoms with van der Waals surface area (Å²) in [5, 5.41) is 1.10. The molecule has 23 heavy (non-hydrogen) atoms. The Bertz CT molecular complexity index is 518. The highest BCUT2D eigenvalue weighted by Gasteiger charge is 2.24. The molecule has 0 aliphatic carbocycles. The van der Waals surface area contributed by atoms with Gasteiger partial charge in [0.15, 0.2) is 0 Å². The fraction of sp³-hybridized carbons (Fsp3) is 0.700. The Balaban J connectivity index is 2.81. The fourth-order valence-corrected chi connectivity index (χ4v) is 4.62. The predicted molar refractivity (Wildman–Crippen MR) is 107 cm³/mol. The standard InChI is InChI=1S/C20H32BrOSi/c1-7-8-9-10-11-12-13-22-18-17(21)15(3)14(2)16(19(18)23)20(4,5)6/h7-13H2,1-6H3. The van der Waals surface area contributed by atoms with Crippen molar-refractivity contribution in [2.24, 2.45) is 0 Å². The fourth-order valence-electron chi connectivity index (χ4n) is 3.06. The van der Waals surface area contributed by atoms with E-state index in [1.807, 2.05) is 0 Å². The number of unbranched alkanes of at least 4 members (excludes halogenated alkanes) is 5. The molecule has 0 atom stereocenters. The van der Waals surface area contributed by atoms with E-state index in [0.29, 0.717) is 0 Å². The zero-order valence-electron chi connectivity index (χ0n) is 15.7. The van der Waals surface area contributed by atoms with E-state index in [9.17, 15) is 0 Å². The van der Waals surface area contributed by atoms with Gasteiger partial charge in [0.05, 0.1) is 21.3 Å². The van der Waals surface area contributed by atoms with Gasteiger partial charge >= 0.3 is 0 Å². The summed E-state index contributed by atoms with van der Waals surface area (Å²) < 4.78 is 7.23. The second kappa shape index (κ2) is 9.27. The Kier molecular flexibility index (Phi) is 8.36. The van der Waals surface area contributed by atoms with Gasteiger partial charge in [-0.1, -0.05) is 59.8 Å². The van der Waals surface area contributed by atoms with Crippen molar-refractivity contribution in [3.05, 3.63) is 21.2 Å². The molecule has 1 aromatic rings. The zero-order chi connectivity index (χ0) is 17.6. The summed E-state index contributed by atoms with van der Waals surface area (Å²) in [5.41, 5.74) is 4.04. The van der Waals surface area contributed by atoms with Gasteiger partial charge in [-0.3, -0.25) is 0 Å². The summed E-state index contributed by atoms with van der Waals surface area (Å²) in [5.74, 6) is 0.961. The first kappa shape index (κ1) is 20.8. The molecule has 1 nitrogen and oxygen atoms in total. The molecule has 1 aromatic carbocycles. The van der Waals surface area contributed by atoms with Crippen LogP contribution in [0.2, 0.25) is 0 Å². The third-order valence-corrected chi connectivity index (χ3v) is 5.87. The lowest BCUT2D eigenvalue weighted by molar-refractivity contribution is 0.304. The largest absolute Gasteiger partial charge is 0.493 e. The van der Waals surface area contributed by atoms with Gasteiger partial charge in [0.25, 0.3) is 0 Å². The van der Waals surface area contributed by atoms with Gasteiger partial charge in [-0.25, -0.2) is 0 Å². The molecule has 3 heteroatoms. The molecule has 0 fully saturated rings. The van der Waals surface area contributed by atoms with Gasteiger partial charge in [0, 0.05) is 0 Å². The summed E-state index contributed by atoms with van der Waals surface area (Å²) in [6.07, 6.45) is 7.70. The van der Waals surface area contributed by atoms with E-state index in [1.165, 1.54) is 48.8 Å². The molecule has 0 aromatic heterocycles. The number of hydrogen-bond acceptors (Lipinski definition) is 1. The SMILES string of the molecule is CCCCCCCCOc1c([Si])c(C(C)(C)C)c(C)c(C)c1Br. The lowest BCUT2D eigenvalue weighted by Gasteiger charge is -2.28. The molecule has 129 valence electrons. The molecule has 3 radical (unpaired) electrons. The van der Waals surface area contributed by atoms with E-state index < -0.39 is 0 Å². The van der Waals surface area contributed by atoms with Crippen molar-refractivity contribution in [3.63, 3.8) is 0 Å². The molecule has 1 rings (SSSR count). The topological polar surface area (TPSA) is 9.23 Å². The van der Waals surface area contributed by atoms with Crippen molar-refractivity contribution in [1.82, 2.24) is 0 Å². The van der Waals surface area contributed by atoms with Crippen LogP contribution in [0, 0.1) is 13.8 Å². The van der Waals surface area contributed by atoms with Crippen molar-refractivity contribution >= 4 is 31.4 Å². The van der Waals surface area contributed by atoms with Crippen LogP contribution in [-0.2, 0) is 5.41 Å². The van der Waals surface area contributed by atoms with Gasteiger partial charge in [0.1, 0.15) is 5.75 Å². The third-order valence-electron chi connectivity index (χ3n) is 4.44. The summed E-state index contributed by atoms with van der Waals surface area (Å²) in [7, 11) is 3.86. The average molecular weight is 396 g/mol. The minimum Gasteiger partial charge on any atom is -0.493 e. The Hall–Kier alpha value is -0.283. The summed E-state index contributed by atoms with van der Waals surface area (Å²) in [6.45, 7) is 14.2. The van der Waals surface area contributed by atoms with Crippen LogP contribution in [0.25, 0.3) is 0 Å². The zero-order valence-corrected chi connectivity index (χ0v) is 18.3. The van der Waals surface area contributed by atoms with Crippen LogP contribution in [0.3, 0.4) is 0 Å². The molecule has 0 aliphatic heterocycles. The van der Waals surface area contributed by atoms with Gasteiger partial charge in [-0.05, 0) is 63.5 Å². The molecule has 0 spiro atoms. The molecular weight excluding hydrogens is 364 g/mol. The number of rotatable bonds is 8. The van der Waals surface area contributed by atoms with E-state index in [-0.39, 0.29) is 5.41 Å². The van der Waals surface area contributed by atoms with E-state index in [0.717, 1.165) is 28.4 Å². The number of ether oxygens (including phenoxy) is 1. The van der Waals surface area contributed by atoms with Crippen LogP contribution >= 0.6 is 15.9 Å². The quantitative estimate of drug-likeness (QED) is 0.393. The molecule has 0 saturated heterocycles. The smallest absolute Gasteiger partial charge is 0.132 e. The van der Waals surface area contributed by atoms with Crippen LogP contribution in [0.15, 0.2) is 4.47 Å². The van der Waals surface area contributed by atoms with Gasteiger partial charge in [-0.15, -0.1) is 0 Å². The third kappa shape index (κ3) is 5.63. The van der Waals surface area contributed by atoms with E-state index in [1.54, 1.807) is 0 Å². The second-order valence-corrected chi connectivity index (χ2v) is 8.80. The van der Waals surface area contributed by atoms with Crippen LogP contribution in [0.4, 0.5) is 0 Å². The maximum absolute atomic E-state index is 6.15. The van der Waals surface area contributed by atoms with E-state index in [2.05, 4.69) is 67.7 Å². The Morgan fingerprint density at radius 1 is 0.957 bits per heavy atom. The Labute approximate surface area is 155 Å². The molecular formula is C20H32BrOSi. The lowest BCUT2D eigenvalue weighted by atomic mass is 9.82. The van der Waals surface area contributed by atoms with E-state index >= 15 is 0 Å². The maximum atomic E-state index is 6.15. The van der Waals surface area contributed by atoms with Crippen LogP contribution in [0.5, 0.6) is 5.75 Å². The first-order valence-corrected chi connectivity index (χ1v) is 10.2. The normalized spacial score (nSPS) is 11.8. The molecule has 0 amide bonds. The first-order valence-electron chi connectivity index (χ1n) is 8.89. The lowest BCUT2D eigenvalue weighted by Crippen LogP contribution is -2.27. The summed E-state index contributed by atoms with van der Waals surface area (Å²) in [6, 6.07) is 0. The Morgan fingerprint density at radius 3 is 2.09 bits per heavy atom. The molecule has 0 unspecified atom stereocenters. The predicted octanol–water partition coefficient (Wildman–Crippen LogP) is 5.90. The van der Waals surface area contributed by atoms with Crippen LogP contribution < -0.4 is 9.92 Å². The summed E-state index contributed by atoms with van der Waals surface area (Å²) >= 11 is 3.73. The number of halogens is 1. The highest BCUT2D eigenvalue weighted by Crippen LogP contribution is 2.35. The second-order valence-electron chi connectivity index (χ2n) is 7.51. The molecule has 0 bridgehead atoms. The highest BCUT2D eigenvalue weighted by molar-refractivity contribution is 9.10. The molecule has 0 N–H and O–H groups in total. The van der Waals surface area contributed by atoms with Gasteiger partial charge < -0.3 is 4.74 Å². The summed E-state index contributed by atoms with van der Waals surface area (Å²) in [4.78, 5) is 0. The molecule has 0 saturated carbocycles. The first-order chi connectivity index (χ1) is 10.7. The monoisotopic (exact) mass is 395 g/mol. The van der Waals surface area contributed by atoms with Crippen molar-refractivity contribution in [2.75, 3.05) is 6.61 Å². The van der Waals surface area contributed by atoms with Crippen LogP contribution in [-0.4, -0.2) is 16.8 Å². The van der Waals surface area contributed by atoms with Crippen molar-refractivity contribution in [2.45, 2.75) is 85.5 Å². The highest BCUT2D eigenvalue weighted by atomic mass is 79.9. The van der Waals surface area contributed by atoms with Crippen molar-refractivity contribution in [1.29, 1.82) is 0 Å². The Morgan fingerprint density at radius 2 is 1.52 bits per heavy atom. The van der Waals surface area contributed by atoms with Gasteiger partial charge in [0.2, 0.25) is 0 Å². The van der Waals surface area contributed by atoms with Crippen LogP contribution in [0.1, 0.15) is 82.9 Å². The van der Waals surface area contributed by atoms with E-state index in [4.69, 9.17) is 4.74 Å². The average Bonchev–Trinajstić information content (AvgIpc) is 2.46. The molecule has 0 aliphatic rings. The minimum absolute atomic E-state index is 0.0882. The number of hydrogen-bond donors (Lipinski definition) is 0. The maximum Gasteiger partial charge on any atom is 0.132 e. The van der Waals surface area contributed by atoms with Crippen molar-refractivity contribution in [3.8, 4) is 5.75 Å². The molecule has 0 heterocycles. The van der Waals surface area contributed by atoms with Crippen molar-refractivity contribution < 1.29 is 4.74 Å². The number of benzene rings is 1. The minimum atomic E-state index is 0.0882. The van der Waals surface area contributed by atoms with Gasteiger partial charge in [-0.2, -0.15) is 0 Å².